The van der Waals surface area contributed by atoms with Gasteiger partial charge < -0.3 is 0 Å². The van der Waals surface area contributed by atoms with Crippen LogP contribution in [0.15, 0.2) is 11.6 Å². The zero-order valence-electron chi connectivity index (χ0n) is 5.43. The second kappa shape index (κ2) is 3.55. The van der Waals surface area contributed by atoms with Crippen LogP contribution in [0.2, 0.25) is 0 Å². The summed E-state index contributed by atoms with van der Waals surface area (Å²) in [6.45, 7) is 0. The van der Waals surface area contributed by atoms with Crippen LogP contribution in [-0.4, -0.2) is 18.2 Å². The molecule has 0 aromatic carbocycles. The SMILES string of the molecule is FC(F)(F)C(=CCCl)C(F)(F)F. The van der Waals surface area contributed by atoms with Crippen LogP contribution in [0.4, 0.5) is 26.3 Å². The summed E-state index contributed by atoms with van der Waals surface area (Å²) in [6.07, 6.45) is -10.9. The third kappa shape index (κ3) is 3.34. The van der Waals surface area contributed by atoms with Crippen molar-refractivity contribution in [3.63, 3.8) is 0 Å². The van der Waals surface area contributed by atoms with E-state index in [4.69, 9.17) is 11.6 Å². The first-order chi connectivity index (χ1) is 5.19. The molecule has 0 N–H and O–H groups in total. The summed E-state index contributed by atoms with van der Waals surface area (Å²) in [4.78, 5) is 0. The minimum absolute atomic E-state index is 0.110. The predicted octanol–water partition coefficient (Wildman–Crippen LogP) is 3.28. The van der Waals surface area contributed by atoms with Crippen molar-refractivity contribution < 1.29 is 26.3 Å². The van der Waals surface area contributed by atoms with E-state index in [9.17, 15) is 26.3 Å². The fraction of sp³-hybridized carbons (Fsp3) is 0.600. The van der Waals surface area contributed by atoms with Gasteiger partial charge in [-0.3, -0.25) is 0 Å². The molecule has 0 atom stereocenters. The van der Waals surface area contributed by atoms with Crippen LogP contribution in [0.3, 0.4) is 0 Å². The Morgan fingerprint density at radius 1 is 1.00 bits per heavy atom. The van der Waals surface area contributed by atoms with Gasteiger partial charge in [0.1, 0.15) is 5.57 Å². The quantitative estimate of drug-likeness (QED) is 0.355. The molecule has 0 bridgehead atoms. The molecule has 0 unspecified atom stereocenters. The summed E-state index contributed by atoms with van der Waals surface area (Å²) in [5.74, 6) is -0.825. The highest BCUT2D eigenvalue weighted by molar-refractivity contribution is 6.18. The molecule has 0 saturated heterocycles. The van der Waals surface area contributed by atoms with Crippen LogP contribution < -0.4 is 0 Å². The zero-order valence-corrected chi connectivity index (χ0v) is 6.19. The third-order valence-electron chi connectivity index (χ3n) is 0.892. The van der Waals surface area contributed by atoms with Gasteiger partial charge in [0.15, 0.2) is 0 Å². The third-order valence-corrected chi connectivity index (χ3v) is 1.05. The van der Waals surface area contributed by atoms with E-state index < -0.39 is 23.8 Å². The van der Waals surface area contributed by atoms with E-state index in [1.807, 2.05) is 0 Å². The van der Waals surface area contributed by atoms with E-state index in [2.05, 4.69) is 0 Å². The van der Waals surface area contributed by atoms with Gasteiger partial charge in [-0.2, -0.15) is 26.3 Å². The lowest BCUT2D eigenvalue weighted by molar-refractivity contribution is -0.172. The fourth-order valence-corrected chi connectivity index (χ4v) is 0.624. The van der Waals surface area contributed by atoms with Gasteiger partial charge in [-0.25, -0.2) is 0 Å². The normalized spacial score (nSPS) is 12.9. The molecule has 0 rings (SSSR count). The largest absolute Gasteiger partial charge is 0.421 e. The predicted molar refractivity (Wildman–Crippen MR) is 30.9 cm³/mol. The van der Waals surface area contributed by atoms with Gasteiger partial charge in [0.05, 0.1) is 0 Å². The molecule has 0 radical (unpaired) electrons. The maximum atomic E-state index is 11.6. The van der Waals surface area contributed by atoms with E-state index in [1.54, 1.807) is 0 Å². The average Bonchev–Trinajstić information content (AvgIpc) is 1.77. The highest BCUT2D eigenvalue weighted by atomic mass is 35.5. The summed E-state index contributed by atoms with van der Waals surface area (Å²) in [5, 5.41) is 0. The number of alkyl halides is 7. The van der Waals surface area contributed by atoms with Crippen molar-refractivity contribution in [3.05, 3.63) is 11.6 Å². The molecule has 0 nitrogen and oxygen atoms in total. The number of halogens is 7. The Bertz CT molecular complexity index is 159. The Labute approximate surface area is 68.8 Å². The maximum absolute atomic E-state index is 11.6. The fourth-order valence-electron chi connectivity index (χ4n) is 0.469. The van der Waals surface area contributed by atoms with Gasteiger partial charge in [0.25, 0.3) is 0 Å². The molecule has 0 saturated carbocycles. The van der Waals surface area contributed by atoms with E-state index in [1.165, 1.54) is 0 Å². The number of allylic oxidation sites excluding steroid dienone is 2. The summed E-state index contributed by atoms with van der Waals surface area (Å²) < 4.78 is 69.3. The Morgan fingerprint density at radius 2 is 1.33 bits per heavy atom. The van der Waals surface area contributed by atoms with Crippen LogP contribution in [0.1, 0.15) is 0 Å². The van der Waals surface area contributed by atoms with Crippen LogP contribution in [0.5, 0.6) is 0 Å². The lowest BCUT2D eigenvalue weighted by Gasteiger charge is -2.13. The van der Waals surface area contributed by atoms with Crippen molar-refractivity contribution in [1.29, 1.82) is 0 Å². The summed E-state index contributed by atoms with van der Waals surface area (Å²) in [6, 6.07) is 0. The summed E-state index contributed by atoms with van der Waals surface area (Å²) in [7, 11) is 0. The van der Waals surface area contributed by atoms with Gasteiger partial charge in [-0.15, -0.1) is 11.6 Å². The average molecular weight is 213 g/mol. The minimum atomic E-state index is -5.40. The molecule has 12 heavy (non-hydrogen) atoms. The van der Waals surface area contributed by atoms with Gasteiger partial charge in [0, 0.05) is 5.88 Å². The van der Waals surface area contributed by atoms with Crippen molar-refractivity contribution >= 4 is 11.6 Å². The van der Waals surface area contributed by atoms with Gasteiger partial charge in [0.2, 0.25) is 0 Å². The smallest absolute Gasteiger partial charge is 0.166 e. The molecule has 0 aromatic rings. The molecule has 0 aliphatic carbocycles. The van der Waals surface area contributed by atoms with Crippen LogP contribution in [0.25, 0.3) is 0 Å². The summed E-state index contributed by atoms with van der Waals surface area (Å²) >= 11 is 4.73. The van der Waals surface area contributed by atoms with E-state index in [0.29, 0.717) is 0 Å². The number of hydrogen-bond acceptors (Lipinski definition) is 0. The van der Waals surface area contributed by atoms with Crippen molar-refractivity contribution in [2.75, 3.05) is 5.88 Å². The first-order valence-electron chi connectivity index (χ1n) is 2.60. The number of hydrogen-bond donors (Lipinski definition) is 0. The molecule has 0 amide bonds. The Kier molecular flexibility index (Phi) is 3.44. The number of rotatable bonds is 1. The Hall–Kier alpha value is -0.390. The lowest BCUT2D eigenvalue weighted by Crippen LogP contribution is -2.26. The van der Waals surface area contributed by atoms with Crippen LogP contribution >= 0.6 is 11.6 Å². The van der Waals surface area contributed by atoms with Gasteiger partial charge >= 0.3 is 12.4 Å². The molecule has 72 valence electrons. The van der Waals surface area contributed by atoms with Crippen LogP contribution in [0, 0.1) is 0 Å². The lowest BCUT2D eigenvalue weighted by atomic mass is 10.2. The van der Waals surface area contributed by atoms with Gasteiger partial charge in [-0.1, -0.05) is 6.08 Å². The van der Waals surface area contributed by atoms with Crippen molar-refractivity contribution in [1.82, 2.24) is 0 Å². The molecule has 0 heterocycles. The second-order valence-electron chi connectivity index (χ2n) is 1.77. The van der Waals surface area contributed by atoms with Gasteiger partial charge in [-0.05, 0) is 0 Å². The highest BCUT2D eigenvalue weighted by Crippen LogP contribution is 2.38. The maximum Gasteiger partial charge on any atom is 0.421 e. The Balaban J connectivity index is 4.83. The molecule has 0 fully saturated rings. The van der Waals surface area contributed by atoms with Crippen LogP contribution in [-0.2, 0) is 0 Å². The molecule has 0 aliphatic heterocycles. The topological polar surface area (TPSA) is 0 Å². The standard InChI is InChI=1S/C5H3ClF6/c6-2-1-3(4(7,8)9)5(10,11)12/h1H,2H2. The minimum Gasteiger partial charge on any atom is -0.166 e. The second-order valence-corrected chi connectivity index (χ2v) is 2.08. The van der Waals surface area contributed by atoms with E-state index in [0.717, 1.165) is 0 Å². The van der Waals surface area contributed by atoms with E-state index in [-0.39, 0.29) is 6.08 Å². The molecule has 0 spiro atoms. The molecule has 7 heteroatoms. The van der Waals surface area contributed by atoms with Crippen molar-refractivity contribution in [2.45, 2.75) is 12.4 Å². The Morgan fingerprint density at radius 3 is 1.42 bits per heavy atom. The van der Waals surface area contributed by atoms with Crippen molar-refractivity contribution in [3.8, 4) is 0 Å². The molecular weight excluding hydrogens is 209 g/mol. The van der Waals surface area contributed by atoms with E-state index >= 15 is 0 Å². The van der Waals surface area contributed by atoms with Crippen molar-refractivity contribution in [2.24, 2.45) is 0 Å². The first kappa shape index (κ1) is 11.6. The zero-order chi connectivity index (χ0) is 9.99. The molecular formula is C5H3ClF6. The molecule has 0 aromatic heterocycles. The first-order valence-corrected chi connectivity index (χ1v) is 3.13. The monoisotopic (exact) mass is 212 g/mol. The molecule has 0 aliphatic rings. The summed E-state index contributed by atoms with van der Waals surface area (Å²) in [5.41, 5.74) is -2.56. The highest BCUT2D eigenvalue weighted by Gasteiger charge is 2.50.